The molecule has 0 heterocycles. The number of halogens is 1. The molecule has 40 heavy (non-hydrogen) atoms. The third-order valence-electron chi connectivity index (χ3n) is 5.92. The van der Waals surface area contributed by atoms with Crippen LogP contribution in [0.5, 0.6) is 5.75 Å². The number of amides is 1. The van der Waals surface area contributed by atoms with E-state index in [2.05, 4.69) is 6.58 Å². The van der Waals surface area contributed by atoms with Gasteiger partial charge in [-0.05, 0) is 48.4 Å². The summed E-state index contributed by atoms with van der Waals surface area (Å²) in [5.41, 5.74) is 3.07. The van der Waals surface area contributed by atoms with Gasteiger partial charge in [0.2, 0.25) is 10.0 Å². The lowest BCUT2D eigenvalue weighted by atomic mass is 10.1. The molecule has 0 fully saturated rings. The van der Waals surface area contributed by atoms with Crippen molar-refractivity contribution in [2.45, 2.75) is 42.1 Å². The van der Waals surface area contributed by atoms with Crippen LogP contribution >= 0.6 is 0 Å². The van der Waals surface area contributed by atoms with Crippen LogP contribution in [0, 0.1) is 6.92 Å². The van der Waals surface area contributed by atoms with Gasteiger partial charge in [0, 0.05) is 19.4 Å². The number of aryl methyl sites for hydroxylation is 1. The molecule has 0 aliphatic rings. The van der Waals surface area contributed by atoms with E-state index < -0.39 is 44.3 Å². The highest BCUT2D eigenvalue weighted by atomic mass is 32.2. The molecular formula is C27H29FN2O8S2. The smallest absolute Gasteiger partial charge is 0.294 e. The standard InChI is InChI=1S/C27H29FN2O8S2/c1-19-8-13-26(40(35,36)37)22(16-19)14-15-38-23-9-11-24(12-10-23)39(33,34)30(18-21-6-4-3-5-7-21)25(17-20(2)28)27(31)29-32/h3-13,16,25,32H,2,14-15,17-18H2,1H3,(H,29,31)(H,35,36,37)/t25-/m0/s1. The summed E-state index contributed by atoms with van der Waals surface area (Å²) < 4.78 is 80.3. The average Bonchev–Trinajstić information content (AvgIpc) is 2.90. The van der Waals surface area contributed by atoms with Crippen molar-refractivity contribution in [2.75, 3.05) is 6.61 Å². The third-order valence-corrected chi connectivity index (χ3v) is 8.74. The average molecular weight is 593 g/mol. The zero-order valence-corrected chi connectivity index (χ0v) is 23.2. The van der Waals surface area contributed by atoms with Gasteiger partial charge in [0.05, 0.1) is 22.2 Å². The molecule has 214 valence electrons. The molecule has 1 atom stereocenters. The van der Waals surface area contributed by atoms with E-state index in [-0.39, 0.29) is 35.1 Å². The first-order valence-electron chi connectivity index (χ1n) is 12.0. The first kappa shape index (κ1) is 30.9. The fourth-order valence-electron chi connectivity index (χ4n) is 4.01. The van der Waals surface area contributed by atoms with E-state index in [1.165, 1.54) is 35.8 Å². The maximum atomic E-state index is 13.8. The van der Waals surface area contributed by atoms with Crippen molar-refractivity contribution in [3.63, 3.8) is 0 Å². The molecule has 0 bridgehead atoms. The minimum absolute atomic E-state index is 0.0234. The lowest BCUT2D eigenvalue weighted by molar-refractivity contribution is -0.133. The molecule has 13 heteroatoms. The van der Waals surface area contributed by atoms with Crippen molar-refractivity contribution in [1.29, 1.82) is 0 Å². The van der Waals surface area contributed by atoms with E-state index in [1.54, 1.807) is 49.4 Å². The van der Waals surface area contributed by atoms with E-state index in [9.17, 15) is 35.8 Å². The SMILES string of the molecule is C=C(F)C[C@@H](C(=O)NO)N(Cc1ccccc1)S(=O)(=O)c1ccc(OCCc2cc(C)ccc2S(=O)(=O)O)cc1. The van der Waals surface area contributed by atoms with E-state index in [4.69, 9.17) is 4.74 Å². The summed E-state index contributed by atoms with van der Waals surface area (Å²) >= 11 is 0. The molecule has 0 aromatic heterocycles. The van der Waals surface area contributed by atoms with Crippen LogP contribution in [-0.2, 0) is 37.9 Å². The number of hydroxylamine groups is 1. The molecule has 0 saturated heterocycles. The highest BCUT2D eigenvalue weighted by Crippen LogP contribution is 2.26. The summed E-state index contributed by atoms with van der Waals surface area (Å²) in [5.74, 6) is -1.80. The van der Waals surface area contributed by atoms with E-state index in [1.807, 2.05) is 0 Å². The number of rotatable bonds is 13. The number of ether oxygens (including phenoxy) is 1. The maximum absolute atomic E-state index is 13.8. The van der Waals surface area contributed by atoms with E-state index in [0.717, 1.165) is 9.87 Å². The Kier molecular flexibility index (Phi) is 10.2. The second-order valence-corrected chi connectivity index (χ2v) is 12.2. The van der Waals surface area contributed by atoms with Crippen LogP contribution in [0.25, 0.3) is 0 Å². The van der Waals surface area contributed by atoms with Gasteiger partial charge in [-0.25, -0.2) is 18.3 Å². The monoisotopic (exact) mass is 592 g/mol. The Bertz CT molecular complexity index is 1560. The van der Waals surface area contributed by atoms with Gasteiger partial charge >= 0.3 is 0 Å². The first-order valence-corrected chi connectivity index (χ1v) is 14.8. The summed E-state index contributed by atoms with van der Waals surface area (Å²) in [7, 11) is -8.82. The van der Waals surface area contributed by atoms with Crippen LogP contribution in [0.15, 0.2) is 95.0 Å². The largest absolute Gasteiger partial charge is 0.493 e. The second kappa shape index (κ2) is 13.2. The molecule has 0 unspecified atom stereocenters. The Morgan fingerprint density at radius 3 is 2.27 bits per heavy atom. The number of carbonyl (C=O) groups excluding carboxylic acids is 1. The van der Waals surface area contributed by atoms with Crippen LogP contribution in [0.1, 0.15) is 23.1 Å². The molecule has 10 nitrogen and oxygen atoms in total. The minimum Gasteiger partial charge on any atom is -0.493 e. The van der Waals surface area contributed by atoms with Crippen LogP contribution in [-0.4, -0.2) is 49.5 Å². The van der Waals surface area contributed by atoms with Gasteiger partial charge in [0.1, 0.15) is 11.8 Å². The number of nitrogens with one attached hydrogen (secondary N) is 1. The van der Waals surface area contributed by atoms with E-state index in [0.29, 0.717) is 11.1 Å². The summed E-state index contributed by atoms with van der Waals surface area (Å²) in [4.78, 5) is 12.0. The number of sulfonamides is 1. The zero-order chi connectivity index (χ0) is 29.5. The van der Waals surface area contributed by atoms with Gasteiger partial charge in [0.15, 0.2) is 0 Å². The summed E-state index contributed by atoms with van der Waals surface area (Å²) in [6.07, 6.45) is -0.531. The highest BCUT2D eigenvalue weighted by molar-refractivity contribution is 7.89. The fraction of sp³-hybridized carbons (Fsp3) is 0.222. The van der Waals surface area contributed by atoms with Crippen molar-refractivity contribution in [2.24, 2.45) is 0 Å². The van der Waals surface area contributed by atoms with Gasteiger partial charge in [0.25, 0.3) is 16.0 Å². The van der Waals surface area contributed by atoms with Crippen molar-refractivity contribution in [3.8, 4) is 5.75 Å². The normalized spacial score (nSPS) is 12.6. The molecule has 0 spiro atoms. The van der Waals surface area contributed by atoms with Crippen LogP contribution in [0.2, 0.25) is 0 Å². The predicted octanol–water partition coefficient (Wildman–Crippen LogP) is 3.80. The molecule has 1 amide bonds. The van der Waals surface area contributed by atoms with Crippen molar-refractivity contribution >= 4 is 26.0 Å². The Hall–Kier alpha value is -3.62. The van der Waals surface area contributed by atoms with Gasteiger partial charge in [-0.1, -0.05) is 54.6 Å². The topological polar surface area (TPSA) is 150 Å². The molecular weight excluding hydrogens is 563 g/mol. The molecule has 3 aromatic rings. The maximum Gasteiger partial charge on any atom is 0.294 e. The minimum atomic E-state index is -4.42. The Morgan fingerprint density at radius 2 is 1.70 bits per heavy atom. The summed E-state index contributed by atoms with van der Waals surface area (Å²) in [6, 6.07) is 16.5. The number of hydrogen-bond acceptors (Lipinski definition) is 7. The Balaban J connectivity index is 1.84. The van der Waals surface area contributed by atoms with Gasteiger partial charge in [-0.2, -0.15) is 12.7 Å². The summed E-state index contributed by atoms with van der Waals surface area (Å²) in [5, 5.41) is 9.21. The quantitative estimate of drug-likeness (QED) is 0.154. The molecule has 3 aromatic carbocycles. The lowest BCUT2D eigenvalue weighted by Gasteiger charge is -2.29. The van der Waals surface area contributed by atoms with Crippen molar-refractivity contribution < 1.29 is 40.5 Å². The van der Waals surface area contributed by atoms with Gasteiger partial charge in [-0.3, -0.25) is 14.6 Å². The fourth-order valence-corrected chi connectivity index (χ4v) is 6.32. The highest BCUT2D eigenvalue weighted by Gasteiger charge is 2.36. The second-order valence-electron chi connectivity index (χ2n) is 8.91. The third kappa shape index (κ3) is 7.96. The van der Waals surface area contributed by atoms with Gasteiger partial charge in [-0.15, -0.1) is 0 Å². The lowest BCUT2D eigenvalue weighted by Crippen LogP contribution is -2.48. The molecule has 0 aliphatic carbocycles. The van der Waals surface area contributed by atoms with Crippen molar-refractivity contribution in [1.82, 2.24) is 9.79 Å². The Labute approximate surface area is 232 Å². The van der Waals surface area contributed by atoms with Crippen LogP contribution in [0.3, 0.4) is 0 Å². The molecule has 0 aliphatic heterocycles. The number of hydrogen-bond donors (Lipinski definition) is 3. The number of carbonyl (C=O) groups is 1. The summed E-state index contributed by atoms with van der Waals surface area (Å²) in [6.45, 7) is 4.63. The van der Waals surface area contributed by atoms with Crippen molar-refractivity contribution in [3.05, 3.63) is 102 Å². The number of nitrogens with zero attached hydrogens (tertiary/aromatic N) is 1. The first-order chi connectivity index (χ1) is 18.8. The molecule has 0 radical (unpaired) electrons. The molecule has 3 N–H and O–H groups in total. The van der Waals surface area contributed by atoms with Crippen LogP contribution in [0.4, 0.5) is 4.39 Å². The molecule has 0 saturated carbocycles. The zero-order valence-electron chi connectivity index (χ0n) is 21.5. The van der Waals surface area contributed by atoms with Gasteiger partial charge < -0.3 is 4.74 Å². The predicted molar refractivity (Wildman–Crippen MR) is 144 cm³/mol. The Morgan fingerprint density at radius 1 is 1.05 bits per heavy atom. The van der Waals surface area contributed by atoms with E-state index >= 15 is 0 Å². The number of benzene rings is 3. The molecule has 3 rings (SSSR count). The van der Waals surface area contributed by atoms with Crippen LogP contribution < -0.4 is 10.2 Å².